The first-order chi connectivity index (χ1) is 8.75. The Morgan fingerprint density at radius 1 is 1.39 bits per heavy atom. The van der Waals surface area contributed by atoms with Gasteiger partial charge in [0.05, 0.1) is 5.69 Å². The first-order valence-electron chi connectivity index (χ1n) is 7.15. The Hall–Kier alpha value is -0.870. The summed E-state index contributed by atoms with van der Waals surface area (Å²) >= 11 is 0. The molecule has 0 spiro atoms. The van der Waals surface area contributed by atoms with E-state index in [4.69, 9.17) is 0 Å². The van der Waals surface area contributed by atoms with E-state index in [0.717, 1.165) is 19.0 Å². The maximum absolute atomic E-state index is 4.16. The first-order valence-corrected chi connectivity index (χ1v) is 7.15. The highest BCUT2D eigenvalue weighted by Gasteiger charge is 2.14. The van der Waals surface area contributed by atoms with E-state index in [-0.39, 0.29) is 0 Å². The summed E-state index contributed by atoms with van der Waals surface area (Å²) in [5.74, 6) is 0.934. The molecule has 4 nitrogen and oxygen atoms in total. The minimum absolute atomic E-state index is 0.924. The fourth-order valence-electron chi connectivity index (χ4n) is 2.50. The van der Waals surface area contributed by atoms with E-state index in [1.165, 1.54) is 44.6 Å². The quantitative estimate of drug-likeness (QED) is 0.779. The lowest BCUT2D eigenvalue weighted by molar-refractivity contribution is 0.190. The van der Waals surface area contributed by atoms with Crippen molar-refractivity contribution in [3.05, 3.63) is 18.0 Å². The average molecular weight is 250 g/mol. The third-order valence-electron chi connectivity index (χ3n) is 3.93. The van der Waals surface area contributed by atoms with E-state index in [0.29, 0.717) is 0 Å². The molecule has 18 heavy (non-hydrogen) atoms. The molecule has 1 aliphatic heterocycles. The van der Waals surface area contributed by atoms with Crippen LogP contribution in [0.15, 0.2) is 12.3 Å². The number of piperidine rings is 1. The van der Waals surface area contributed by atoms with E-state index in [1.807, 2.05) is 17.9 Å². The lowest BCUT2D eigenvalue weighted by Crippen LogP contribution is -2.34. The number of likely N-dealkylation sites (tertiary alicyclic amines) is 1. The molecule has 1 saturated heterocycles. The summed E-state index contributed by atoms with van der Waals surface area (Å²) in [4.78, 5) is 2.60. The second-order valence-electron chi connectivity index (χ2n) is 5.50. The summed E-state index contributed by atoms with van der Waals surface area (Å²) in [5.41, 5.74) is 1.25. The molecule has 0 aliphatic carbocycles. The number of aryl methyl sites for hydroxylation is 1. The highest BCUT2D eigenvalue weighted by Crippen LogP contribution is 2.15. The fraction of sp³-hybridized carbons (Fsp3) is 0.786. The van der Waals surface area contributed by atoms with Gasteiger partial charge in [0.1, 0.15) is 0 Å². The number of hydrogen-bond acceptors (Lipinski definition) is 3. The Morgan fingerprint density at radius 3 is 2.83 bits per heavy atom. The van der Waals surface area contributed by atoms with Crippen molar-refractivity contribution >= 4 is 0 Å². The van der Waals surface area contributed by atoms with Gasteiger partial charge in [-0.3, -0.25) is 4.68 Å². The van der Waals surface area contributed by atoms with Crippen molar-refractivity contribution in [1.82, 2.24) is 20.0 Å². The maximum atomic E-state index is 4.16. The van der Waals surface area contributed by atoms with Crippen LogP contribution >= 0.6 is 0 Å². The van der Waals surface area contributed by atoms with E-state index < -0.39 is 0 Å². The van der Waals surface area contributed by atoms with Crippen molar-refractivity contribution in [2.45, 2.75) is 32.7 Å². The van der Waals surface area contributed by atoms with Crippen LogP contribution in [0, 0.1) is 5.92 Å². The Bertz CT molecular complexity index is 339. The van der Waals surface area contributed by atoms with Crippen LogP contribution in [-0.4, -0.2) is 40.9 Å². The van der Waals surface area contributed by atoms with Crippen molar-refractivity contribution in [3.8, 4) is 0 Å². The predicted octanol–water partition coefficient (Wildman–Crippen LogP) is 1.63. The van der Waals surface area contributed by atoms with Crippen molar-refractivity contribution in [1.29, 1.82) is 0 Å². The Labute approximate surface area is 110 Å². The zero-order valence-electron chi connectivity index (χ0n) is 11.7. The van der Waals surface area contributed by atoms with E-state index in [9.17, 15) is 0 Å². The molecule has 0 atom stereocenters. The van der Waals surface area contributed by atoms with Crippen LogP contribution in [0.1, 0.15) is 31.9 Å². The van der Waals surface area contributed by atoms with Crippen LogP contribution in [0.25, 0.3) is 0 Å². The second kappa shape index (κ2) is 6.90. The molecule has 2 rings (SSSR count). The van der Waals surface area contributed by atoms with Gasteiger partial charge in [-0.05, 0) is 57.4 Å². The van der Waals surface area contributed by atoms with Crippen LogP contribution in [0.5, 0.6) is 0 Å². The van der Waals surface area contributed by atoms with Gasteiger partial charge in [0.15, 0.2) is 0 Å². The Morgan fingerprint density at radius 2 is 2.17 bits per heavy atom. The molecule has 2 heterocycles. The first kappa shape index (κ1) is 13.6. The number of nitrogens with zero attached hydrogens (tertiary/aromatic N) is 3. The summed E-state index contributed by atoms with van der Waals surface area (Å²) in [6, 6.07) is 2.07. The standard InChI is InChI=1S/C14H26N4/c1-13-5-10-18(11-6-13)9-3-7-15-12-14-4-8-16-17(14)2/h4,8,13,15H,3,5-7,9-12H2,1-2H3. The lowest BCUT2D eigenvalue weighted by Gasteiger charge is -2.30. The molecule has 0 saturated carbocycles. The summed E-state index contributed by atoms with van der Waals surface area (Å²) in [5, 5.41) is 7.65. The largest absolute Gasteiger partial charge is 0.311 e. The van der Waals surface area contributed by atoms with Crippen LogP contribution in [-0.2, 0) is 13.6 Å². The maximum Gasteiger partial charge on any atom is 0.0518 e. The number of rotatable bonds is 6. The third-order valence-corrected chi connectivity index (χ3v) is 3.93. The molecule has 1 aromatic rings. The fourth-order valence-corrected chi connectivity index (χ4v) is 2.50. The molecule has 1 N–H and O–H groups in total. The van der Waals surface area contributed by atoms with Crippen LogP contribution in [0.2, 0.25) is 0 Å². The minimum Gasteiger partial charge on any atom is -0.311 e. The van der Waals surface area contributed by atoms with Crippen molar-refractivity contribution < 1.29 is 0 Å². The number of hydrogen-bond donors (Lipinski definition) is 1. The lowest BCUT2D eigenvalue weighted by atomic mass is 9.99. The molecule has 0 aromatic carbocycles. The minimum atomic E-state index is 0.924. The van der Waals surface area contributed by atoms with Gasteiger partial charge < -0.3 is 10.2 Å². The van der Waals surface area contributed by atoms with Crippen molar-refractivity contribution in [3.63, 3.8) is 0 Å². The summed E-state index contributed by atoms with van der Waals surface area (Å²) in [6.45, 7) is 8.22. The molecule has 1 aliphatic rings. The molecule has 102 valence electrons. The molecule has 4 heteroatoms. The molecule has 1 aromatic heterocycles. The van der Waals surface area contributed by atoms with Crippen LogP contribution in [0.3, 0.4) is 0 Å². The van der Waals surface area contributed by atoms with Crippen molar-refractivity contribution in [2.75, 3.05) is 26.2 Å². The normalized spacial score (nSPS) is 18.3. The zero-order valence-corrected chi connectivity index (χ0v) is 11.7. The predicted molar refractivity (Wildman–Crippen MR) is 74.4 cm³/mol. The molecule has 0 radical (unpaired) electrons. The SMILES string of the molecule is CC1CCN(CCCNCc2ccnn2C)CC1. The highest BCUT2D eigenvalue weighted by atomic mass is 15.3. The van der Waals surface area contributed by atoms with Crippen LogP contribution in [0.4, 0.5) is 0 Å². The van der Waals surface area contributed by atoms with Gasteiger partial charge in [-0.1, -0.05) is 6.92 Å². The average Bonchev–Trinajstić information content (AvgIpc) is 2.77. The summed E-state index contributed by atoms with van der Waals surface area (Å²) < 4.78 is 1.93. The topological polar surface area (TPSA) is 33.1 Å². The second-order valence-corrected chi connectivity index (χ2v) is 5.50. The summed E-state index contributed by atoms with van der Waals surface area (Å²) in [7, 11) is 1.99. The van der Waals surface area contributed by atoms with Gasteiger partial charge >= 0.3 is 0 Å². The molecule has 1 fully saturated rings. The molecular weight excluding hydrogens is 224 g/mol. The molecule has 0 unspecified atom stereocenters. The van der Waals surface area contributed by atoms with Crippen LogP contribution < -0.4 is 5.32 Å². The zero-order chi connectivity index (χ0) is 12.8. The van der Waals surface area contributed by atoms with Gasteiger partial charge in [-0.25, -0.2) is 0 Å². The van der Waals surface area contributed by atoms with Crippen molar-refractivity contribution in [2.24, 2.45) is 13.0 Å². The van der Waals surface area contributed by atoms with Gasteiger partial charge in [-0.2, -0.15) is 5.10 Å². The monoisotopic (exact) mass is 250 g/mol. The number of aromatic nitrogens is 2. The van der Waals surface area contributed by atoms with E-state index >= 15 is 0 Å². The van der Waals surface area contributed by atoms with E-state index in [1.54, 1.807) is 0 Å². The Balaban J connectivity index is 1.53. The summed E-state index contributed by atoms with van der Waals surface area (Å²) in [6.07, 6.45) is 5.85. The van der Waals surface area contributed by atoms with Gasteiger partial charge in [0.25, 0.3) is 0 Å². The molecule has 0 amide bonds. The molecule has 0 bridgehead atoms. The van der Waals surface area contributed by atoms with Gasteiger partial charge in [-0.15, -0.1) is 0 Å². The molecular formula is C14H26N4. The highest BCUT2D eigenvalue weighted by molar-refractivity contribution is 4.98. The third kappa shape index (κ3) is 4.10. The smallest absolute Gasteiger partial charge is 0.0518 e. The van der Waals surface area contributed by atoms with E-state index in [2.05, 4.69) is 28.3 Å². The Kier molecular flexibility index (Phi) is 5.20. The van der Waals surface area contributed by atoms with Gasteiger partial charge in [0, 0.05) is 19.8 Å². The van der Waals surface area contributed by atoms with Gasteiger partial charge in [0.2, 0.25) is 0 Å². The number of nitrogens with one attached hydrogen (secondary N) is 1.